The first-order valence-electron chi connectivity index (χ1n) is 5.51. The van der Waals surface area contributed by atoms with Crippen LogP contribution in [0.3, 0.4) is 0 Å². The minimum atomic E-state index is -0.879. The molecule has 0 saturated carbocycles. The van der Waals surface area contributed by atoms with E-state index in [0.717, 1.165) is 12.8 Å². The SMILES string of the molecule is O=C(NC1CCOCC1)[C@@H]1C[C@@H](F)CN1. The van der Waals surface area contributed by atoms with Crippen LogP contribution in [0, 0.1) is 0 Å². The van der Waals surface area contributed by atoms with E-state index in [-0.39, 0.29) is 18.0 Å². The third-order valence-electron chi connectivity index (χ3n) is 2.96. The van der Waals surface area contributed by atoms with Gasteiger partial charge in [0.1, 0.15) is 6.17 Å². The average molecular weight is 216 g/mol. The Labute approximate surface area is 88.6 Å². The topological polar surface area (TPSA) is 50.4 Å². The van der Waals surface area contributed by atoms with Gasteiger partial charge in [0.2, 0.25) is 5.91 Å². The lowest BCUT2D eigenvalue weighted by molar-refractivity contribution is -0.124. The van der Waals surface area contributed by atoms with Crippen LogP contribution in [-0.2, 0) is 9.53 Å². The molecule has 2 atom stereocenters. The predicted octanol–water partition coefficient (Wildman–Crippen LogP) is -0.0184. The van der Waals surface area contributed by atoms with Gasteiger partial charge in [0.05, 0.1) is 6.04 Å². The molecule has 0 radical (unpaired) electrons. The van der Waals surface area contributed by atoms with Crippen LogP contribution in [0.15, 0.2) is 0 Å². The molecular weight excluding hydrogens is 199 g/mol. The Kier molecular flexibility index (Phi) is 3.53. The van der Waals surface area contributed by atoms with Crippen molar-refractivity contribution in [3.63, 3.8) is 0 Å². The van der Waals surface area contributed by atoms with E-state index in [1.54, 1.807) is 0 Å². The van der Waals surface area contributed by atoms with Crippen LogP contribution >= 0.6 is 0 Å². The fraction of sp³-hybridized carbons (Fsp3) is 0.900. The summed E-state index contributed by atoms with van der Waals surface area (Å²) in [6.07, 6.45) is 1.14. The van der Waals surface area contributed by atoms with Gasteiger partial charge in [0.25, 0.3) is 0 Å². The summed E-state index contributed by atoms with van der Waals surface area (Å²) in [6.45, 7) is 1.70. The van der Waals surface area contributed by atoms with E-state index in [2.05, 4.69) is 10.6 Å². The summed E-state index contributed by atoms with van der Waals surface area (Å²) in [6, 6.07) is -0.144. The highest BCUT2D eigenvalue weighted by atomic mass is 19.1. The molecule has 86 valence electrons. The standard InChI is InChI=1S/C10H17FN2O2/c11-7-5-9(12-6-7)10(14)13-8-1-3-15-4-2-8/h7-9,12H,1-6H2,(H,13,14)/t7-,9+/m1/s1. The normalized spacial score (nSPS) is 32.9. The van der Waals surface area contributed by atoms with E-state index in [0.29, 0.717) is 26.2 Å². The number of hydrogen-bond acceptors (Lipinski definition) is 3. The van der Waals surface area contributed by atoms with E-state index in [4.69, 9.17) is 4.74 Å². The Morgan fingerprint density at radius 3 is 2.73 bits per heavy atom. The van der Waals surface area contributed by atoms with Gasteiger partial charge in [-0.1, -0.05) is 0 Å². The van der Waals surface area contributed by atoms with Crippen LogP contribution in [0.5, 0.6) is 0 Å². The number of halogens is 1. The van der Waals surface area contributed by atoms with Crippen LogP contribution in [0.4, 0.5) is 4.39 Å². The minimum Gasteiger partial charge on any atom is -0.381 e. The van der Waals surface area contributed by atoms with Crippen molar-refractivity contribution in [2.45, 2.75) is 37.5 Å². The summed E-state index contributed by atoms with van der Waals surface area (Å²) >= 11 is 0. The summed E-state index contributed by atoms with van der Waals surface area (Å²) in [7, 11) is 0. The Hall–Kier alpha value is -0.680. The Morgan fingerprint density at radius 1 is 1.40 bits per heavy atom. The maximum atomic E-state index is 12.9. The summed E-state index contributed by atoms with van der Waals surface area (Å²) in [5, 5.41) is 5.81. The zero-order chi connectivity index (χ0) is 10.7. The zero-order valence-corrected chi connectivity index (χ0v) is 8.67. The van der Waals surface area contributed by atoms with Crippen LogP contribution < -0.4 is 10.6 Å². The van der Waals surface area contributed by atoms with Crippen LogP contribution in [-0.4, -0.2) is 43.9 Å². The third kappa shape index (κ3) is 2.89. The second-order valence-electron chi connectivity index (χ2n) is 4.19. The predicted molar refractivity (Wildman–Crippen MR) is 53.3 cm³/mol. The minimum absolute atomic E-state index is 0.0675. The molecule has 1 amide bonds. The lowest BCUT2D eigenvalue weighted by Crippen LogP contribution is -2.46. The first-order chi connectivity index (χ1) is 7.25. The summed E-state index contributed by atoms with van der Waals surface area (Å²) in [5.74, 6) is -0.0675. The monoisotopic (exact) mass is 216 g/mol. The molecule has 0 aromatic rings. The van der Waals surface area contributed by atoms with Gasteiger partial charge in [-0.25, -0.2) is 4.39 Å². The lowest BCUT2D eigenvalue weighted by atomic mass is 10.1. The molecule has 0 spiro atoms. The molecule has 2 aliphatic rings. The smallest absolute Gasteiger partial charge is 0.237 e. The summed E-state index contributed by atoms with van der Waals surface area (Å²) < 4.78 is 18.0. The van der Waals surface area contributed by atoms with Gasteiger partial charge >= 0.3 is 0 Å². The molecule has 4 nitrogen and oxygen atoms in total. The summed E-state index contributed by atoms with van der Waals surface area (Å²) in [5.41, 5.74) is 0. The molecule has 0 aromatic heterocycles. The Morgan fingerprint density at radius 2 is 2.13 bits per heavy atom. The van der Waals surface area contributed by atoms with Gasteiger partial charge in [-0.2, -0.15) is 0 Å². The highest BCUT2D eigenvalue weighted by molar-refractivity contribution is 5.82. The highest BCUT2D eigenvalue weighted by Crippen LogP contribution is 2.12. The molecule has 0 aromatic carbocycles. The molecule has 2 N–H and O–H groups in total. The molecule has 2 heterocycles. The van der Waals surface area contributed by atoms with Gasteiger partial charge in [0, 0.05) is 32.2 Å². The molecule has 0 bridgehead atoms. The van der Waals surface area contributed by atoms with Crippen molar-refractivity contribution in [1.29, 1.82) is 0 Å². The van der Waals surface area contributed by atoms with Crippen molar-refractivity contribution >= 4 is 5.91 Å². The van der Waals surface area contributed by atoms with Gasteiger partial charge in [0.15, 0.2) is 0 Å². The number of carbonyl (C=O) groups excluding carboxylic acids is 1. The average Bonchev–Trinajstić information content (AvgIpc) is 2.66. The molecule has 2 fully saturated rings. The van der Waals surface area contributed by atoms with Gasteiger partial charge < -0.3 is 15.4 Å². The molecule has 0 aliphatic carbocycles. The second-order valence-corrected chi connectivity index (χ2v) is 4.19. The van der Waals surface area contributed by atoms with Gasteiger partial charge in [-0.15, -0.1) is 0 Å². The zero-order valence-electron chi connectivity index (χ0n) is 8.67. The third-order valence-corrected chi connectivity index (χ3v) is 2.96. The molecule has 5 heteroatoms. The number of amides is 1. The van der Waals surface area contributed by atoms with E-state index in [1.807, 2.05) is 0 Å². The van der Waals surface area contributed by atoms with Crippen molar-refractivity contribution in [3.8, 4) is 0 Å². The van der Waals surface area contributed by atoms with Crippen molar-refractivity contribution < 1.29 is 13.9 Å². The second kappa shape index (κ2) is 4.90. The fourth-order valence-electron chi connectivity index (χ4n) is 2.04. The number of carbonyl (C=O) groups is 1. The van der Waals surface area contributed by atoms with Crippen molar-refractivity contribution in [1.82, 2.24) is 10.6 Å². The van der Waals surface area contributed by atoms with Crippen molar-refractivity contribution in [2.24, 2.45) is 0 Å². The number of hydrogen-bond donors (Lipinski definition) is 2. The van der Waals surface area contributed by atoms with Gasteiger partial charge in [-0.3, -0.25) is 4.79 Å². The first kappa shape index (κ1) is 10.8. The van der Waals surface area contributed by atoms with Crippen LogP contribution in [0.25, 0.3) is 0 Å². The summed E-state index contributed by atoms with van der Waals surface area (Å²) in [4.78, 5) is 11.7. The molecule has 2 saturated heterocycles. The molecular formula is C10H17FN2O2. The quantitative estimate of drug-likeness (QED) is 0.682. The largest absolute Gasteiger partial charge is 0.381 e. The highest BCUT2D eigenvalue weighted by Gasteiger charge is 2.30. The Balaban J connectivity index is 1.76. The molecule has 0 unspecified atom stereocenters. The molecule has 2 rings (SSSR count). The van der Waals surface area contributed by atoms with E-state index >= 15 is 0 Å². The Bertz CT molecular complexity index is 231. The molecule has 2 aliphatic heterocycles. The van der Waals surface area contributed by atoms with Crippen molar-refractivity contribution in [3.05, 3.63) is 0 Å². The maximum absolute atomic E-state index is 12.9. The van der Waals surface area contributed by atoms with Crippen molar-refractivity contribution in [2.75, 3.05) is 19.8 Å². The van der Waals surface area contributed by atoms with Gasteiger partial charge in [-0.05, 0) is 12.8 Å². The first-order valence-corrected chi connectivity index (χ1v) is 5.51. The van der Waals surface area contributed by atoms with E-state index < -0.39 is 6.17 Å². The number of alkyl halides is 1. The van der Waals surface area contributed by atoms with E-state index in [1.165, 1.54) is 0 Å². The number of nitrogens with one attached hydrogen (secondary N) is 2. The maximum Gasteiger partial charge on any atom is 0.237 e. The van der Waals surface area contributed by atoms with E-state index in [9.17, 15) is 9.18 Å². The fourth-order valence-corrected chi connectivity index (χ4v) is 2.04. The lowest BCUT2D eigenvalue weighted by Gasteiger charge is -2.24. The number of ether oxygens (including phenoxy) is 1. The molecule has 15 heavy (non-hydrogen) atoms. The van der Waals surface area contributed by atoms with Crippen LogP contribution in [0.2, 0.25) is 0 Å². The number of rotatable bonds is 2. The van der Waals surface area contributed by atoms with Crippen LogP contribution in [0.1, 0.15) is 19.3 Å².